The summed E-state index contributed by atoms with van der Waals surface area (Å²) in [5.41, 5.74) is 0.777. The normalized spacial score (nSPS) is 17.3. The van der Waals surface area contributed by atoms with Gasteiger partial charge in [-0.15, -0.1) is 0 Å². The summed E-state index contributed by atoms with van der Waals surface area (Å²) in [5.74, 6) is -0.957. The standard InChI is InChI=1S/C15H20N2O4/c1-15(2)10-17(7-8-21-15)14(20)16-9-11-3-5-12(6-4-11)13(18)19/h3-6H,7-10H2,1-2H3,(H,16,20)(H,18,19). The van der Waals surface area contributed by atoms with Gasteiger partial charge in [-0.3, -0.25) is 0 Å². The highest BCUT2D eigenvalue weighted by atomic mass is 16.5. The number of carbonyl (C=O) groups excluding carboxylic acids is 1. The Morgan fingerprint density at radius 3 is 2.57 bits per heavy atom. The van der Waals surface area contributed by atoms with E-state index in [-0.39, 0.29) is 17.2 Å². The third-order valence-electron chi connectivity index (χ3n) is 3.36. The smallest absolute Gasteiger partial charge is 0.335 e. The van der Waals surface area contributed by atoms with Crippen molar-refractivity contribution in [3.05, 3.63) is 35.4 Å². The number of aromatic carboxylic acids is 1. The summed E-state index contributed by atoms with van der Waals surface area (Å²) in [7, 11) is 0. The number of carbonyl (C=O) groups is 2. The van der Waals surface area contributed by atoms with Gasteiger partial charge in [0.05, 0.1) is 24.3 Å². The molecule has 21 heavy (non-hydrogen) atoms. The minimum Gasteiger partial charge on any atom is -0.478 e. The SMILES string of the molecule is CC1(C)CN(C(=O)NCc2ccc(C(=O)O)cc2)CCO1. The van der Waals surface area contributed by atoms with Crippen LogP contribution in [0.4, 0.5) is 4.79 Å². The fourth-order valence-electron chi connectivity index (χ4n) is 2.24. The van der Waals surface area contributed by atoms with Gasteiger partial charge in [-0.05, 0) is 31.5 Å². The molecule has 0 unspecified atom stereocenters. The molecule has 114 valence electrons. The fourth-order valence-corrected chi connectivity index (χ4v) is 2.24. The largest absolute Gasteiger partial charge is 0.478 e. The molecular weight excluding hydrogens is 272 g/mol. The quantitative estimate of drug-likeness (QED) is 0.889. The zero-order chi connectivity index (χ0) is 15.5. The molecule has 1 aromatic rings. The van der Waals surface area contributed by atoms with Gasteiger partial charge in [0, 0.05) is 13.1 Å². The maximum Gasteiger partial charge on any atom is 0.335 e. The fraction of sp³-hybridized carbons (Fsp3) is 0.467. The lowest BCUT2D eigenvalue weighted by Gasteiger charge is -2.38. The molecule has 1 aliphatic rings. The molecule has 1 fully saturated rings. The van der Waals surface area contributed by atoms with Gasteiger partial charge in [-0.2, -0.15) is 0 Å². The van der Waals surface area contributed by atoms with E-state index in [1.165, 1.54) is 12.1 Å². The van der Waals surface area contributed by atoms with Crippen LogP contribution in [0.3, 0.4) is 0 Å². The molecule has 2 rings (SSSR count). The van der Waals surface area contributed by atoms with Gasteiger partial charge in [0.25, 0.3) is 0 Å². The van der Waals surface area contributed by atoms with Crippen LogP contribution in [0, 0.1) is 0 Å². The first-order chi connectivity index (χ1) is 9.87. The van der Waals surface area contributed by atoms with Crippen LogP contribution in [-0.2, 0) is 11.3 Å². The molecule has 0 atom stereocenters. The number of nitrogens with one attached hydrogen (secondary N) is 1. The van der Waals surface area contributed by atoms with Crippen LogP contribution in [0.25, 0.3) is 0 Å². The van der Waals surface area contributed by atoms with Crippen LogP contribution in [0.15, 0.2) is 24.3 Å². The first-order valence-electron chi connectivity index (χ1n) is 6.86. The number of benzene rings is 1. The van der Waals surface area contributed by atoms with Crippen LogP contribution in [0.1, 0.15) is 29.8 Å². The average molecular weight is 292 g/mol. The molecule has 0 aliphatic carbocycles. The third kappa shape index (κ3) is 4.19. The number of amides is 2. The number of hydrogen-bond donors (Lipinski definition) is 2. The lowest BCUT2D eigenvalue weighted by Crippen LogP contribution is -2.53. The van der Waals surface area contributed by atoms with E-state index in [4.69, 9.17) is 9.84 Å². The molecule has 0 spiro atoms. The first-order valence-corrected chi connectivity index (χ1v) is 6.86. The molecule has 0 bridgehead atoms. The van der Waals surface area contributed by atoms with Crippen molar-refractivity contribution in [3.63, 3.8) is 0 Å². The average Bonchev–Trinajstić information content (AvgIpc) is 2.44. The molecule has 6 heteroatoms. The zero-order valence-electron chi connectivity index (χ0n) is 12.3. The van der Waals surface area contributed by atoms with E-state index in [9.17, 15) is 9.59 Å². The monoisotopic (exact) mass is 292 g/mol. The molecule has 1 saturated heterocycles. The van der Waals surface area contributed by atoms with Crippen molar-refractivity contribution in [1.82, 2.24) is 10.2 Å². The van der Waals surface area contributed by atoms with E-state index in [1.54, 1.807) is 17.0 Å². The highest BCUT2D eigenvalue weighted by Gasteiger charge is 2.29. The second-order valence-electron chi connectivity index (χ2n) is 5.69. The predicted molar refractivity (Wildman–Crippen MR) is 77.2 cm³/mol. The lowest BCUT2D eigenvalue weighted by atomic mass is 10.1. The van der Waals surface area contributed by atoms with Gasteiger partial charge in [-0.25, -0.2) is 9.59 Å². The number of rotatable bonds is 3. The highest BCUT2D eigenvalue weighted by Crippen LogP contribution is 2.16. The summed E-state index contributed by atoms with van der Waals surface area (Å²) in [6, 6.07) is 6.33. The maximum absolute atomic E-state index is 12.1. The first kappa shape index (κ1) is 15.3. The lowest BCUT2D eigenvalue weighted by molar-refractivity contribution is -0.0733. The highest BCUT2D eigenvalue weighted by molar-refractivity contribution is 5.87. The molecule has 2 amide bonds. The number of carboxylic acids is 1. The Bertz CT molecular complexity index is 525. The minimum absolute atomic E-state index is 0.131. The van der Waals surface area contributed by atoms with Crippen LogP contribution >= 0.6 is 0 Å². The number of hydrogen-bond acceptors (Lipinski definition) is 3. The third-order valence-corrected chi connectivity index (χ3v) is 3.36. The zero-order valence-corrected chi connectivity index (χ0v) is 12.3. The Morgan fingerprint density at radius 2 is 2.00 bits per heavy atom. The van der Waals surface area contributed by atoms with Gasteiger partial charge < -0.3 is 20.1 Å². The van der Waals surface area contributed by atoms with E-state index < -0.39 is 5.97 Å². The molecule has 0 saturated carbocycles. The number of morpholine rings is 1. The summed E-state index contributed by atoms with van der Waals surface area (Å²) in [5, 5.41) is 11.7. The van der Waals surface area contributed by atoms with Gasteiger partial charge in [0.1, 0.15) is 0 Å². The summed E-state index contributed by atoms with van der Waals surface area (Å²) in [4.78, 5) is 24.6. The Balaban J connectivity index is 1.87. The Kier molecular flexibility index (Phi) is 4.47. The molecule has 1 aromatic carbocycles. The summed E-state index contributed by atoms with van der Waals surface area (Å²) in [6.45, 7) is 5.95. The van der Waals surface area contributed by atoms with Gasteiger partial charge in [0.2, 0.25) is 0 Å². The van der Waals surface area contributed by atoms with Crippen LogP contribution in [-0.4, -0.2) is 47.3 Å². The van der Waals surface area contributed by atoms with Crippen molar-refractivity contribution in [3.8, 4) is 0 Å². The van der Waals surface area contributed by atoms with Gasteiger partial charge in [0.15, 0.2) is 0 Å². The van der Waals surface area contributed by atoms with Gasteiger partial charge >= 0.3 is 12.0 Å². The number of urea groups is 1. The molecule has 1 heterocycles. The molecule has 1 aliphatic heterocycles. The van der Waals surface area contributed by atoms with Crippen molar-refractivity contribution in [2.24, 2.45) is 0 Å². The van der Waals surface area contributed by atoms with Crippen molar-refractivity contribution >= 4 is 12.0 Å². The molecule has 0 aromatic heterocycles. The van der Waals surface area contributed by atoms with Gasteiger partial charge in [-0.1, -0.05) is 12.1 Å². The molecule has 0 radical (unpaired) electrons. The van der Waals surface area contributed by atoms with Crippen molar-refractivity contribution in [2.45, 2.75) is 26.0 Å². The summed E-state index contributed by atoms with van der Waals surface area (Å²) in [6.07, 6.45) is 0. The van der Waals surface area contributed by atoms with Crippen LogP contribution < -0.4 is 5.32 Å². The van der Waals surface area contributed by atoms with Crippen molar-refractivity contribution in [2.75, 3.05) is 19.7 Å². The second kappa shape index (κ2) is 6.13. The maximum atomic E-state index is 12.1. The van der Waals surface area contributed by atoms with E-state index in [0.29, 0.717) is 26.2 Å². The van der Waals surface area contributed by atoms with Crippen molar-refractivity contribution < 1.29 is 19.4 Å². The molecule has 2 N–H and O–H groups in total. The van der Waals surface area contributed by atoms with Crippen molar-refractivity contribution in [1.29, 1.82) is 0 Å². The molecule has 6 nitrogen and oxygen atoms in total. The van der Waals surface area contributed by atoms with E-state index in [1.807, 2.05) is 13.8 Å². The predicted octanol–water partition coefficient (Wildman–Crippen LogP) is 1.71. The number of nitrogens with zero attached hydrogens (tertiary/aromatic N) is 1. The summed E-state index contributed by atoms with van der Waals surface area (Å²) >= 11 is 0. The van der Waals surface area contributed by atoms with Crippen LogP contribution in [0.2, 0.25) is 0 Å². The van der Waals surface area contributed by atoms with Crippen LogP contribution in [0.5, 0.6) is 0 Å². The Labute approximate surface area is 123 Å². The summed E-state index contributed by atoms with van der Waals surface area (Å²) < 4.78 is 5.57. The van der Waals surface area contributed by atoms with E-state index in [0.717, 1.165) is 5.56 Å². The minimum atomic E-state index is -0.957. The number of carboxylic acid groups (broad SMARTS) is 1. The van der Waals surface area contributed by atoms with E-state index in [2.05, 4.69) is 5.32 Å². The number of ether oxygens (including phenoxy) is 1. The Hall–Kier alpha value is -2.08. The van der Waals surface area contributed by atoms with E-state index >= 15 is 0 Å². The topological polar surface area (TPSA) is 78.9 Å². The molecular formula is C15H20N2O4. The Morgan fingerprint density at radius 1 is 1.33 bits per heavy atom. The second-order valence-corrected chi connectivity index (χ2v) is 5.69.